The number of halogens is 2. The molecule has 3 aromatic rings. The van der Waals surface area contributed by atoms with Crippen molar-refractivity contribution >= 4 is 33.4 Å². The molecule has 0 spiro atoms. The maximum absolute atomic E-state index is 12.2. The second-order valence-electron chi connectivity index (χ2n) is 6.43. The van der Waals surface area contributed by atoms with E-state index in [1.54, 1.807) is 12.1 Å². The average Bonchev–Trinajstić information content (AvgIpc) is 2.93. The number of carbonyl (C=O) groups excluding carboxylic acids is 1. The van der Waals surface area contributed by atoms with Crippen LogP contribution in [0.1, 0.15) is 22.5 Å². The van der Waals surface area contributed by atoms with Crippen LogP contribution in [0.25, 0.3) is 0 Å². The minimum absolute atomic E-state index is 0.0996. The summed E-state index contributed by atoms with van der Waals surface area (Å²) >= 11 is 9.44. The average molecular weight is 463 g/mol. The van der Waals surface area contributed by atoms with Gasteiger partial charge in [0.1, 0.15) is 5.75 Å². The van der Waals surface area contributed by atoms with Crippen LogP contribution in [0.5, 0.6) is 5.75 Å². The molecule has 0 aliphatic carbocycles. The number of ether oxygens (including phenoxy) is 1. The van der Waals surface area contributed by atoms with Gasteiger partial charge >= 0.3 is 0 Å². The van der Waals surface area contributed by atoms with Crippen molar-refractivity contribution in [2.45, 2.75) is 26.9 Å². The van der Waals surface area contributed by atoms with E-state index in [-0.39, 0.29) is 12.5 Å². The number of carbonyl (C=O) groups is 1. The molecular weight excluding hydrogens is 442 g/mol. The Kier molecular flexibility index (Phi) is 6.75. The third kappa shape index (κ3) is 5.14. The molecule has 0 unspecified atom stereocenters. The van der Waals surface area contributed by atoms with Gasteiger partial charge in [-0.05, 0) is 37.6 Å². The fourth-order valence-electron chi connectivity index (χ4n) is 2.87. The number of amides is 1. The van der Waals surface area contributed by atoms with Gasteiger partial charge in [-0.2, -0.15) is 5.10 Å². The molecule has 0 radical (unpaired) electrons. The molecule has 0 fully saturated rings. The Hall–Kier alpha value is -2.31. The molecule has 0 aliphatic heterocycles. The molecule has 3 rings (SSSR count). The number of hydrogen-bond acceptors (Lipinski definition) is 3. The largest absolute Gasteiger partial charge is 0.482 e. The number of nitrogens with zero attached hydrogens (tertiary/aromatic N) is 2. The molecule has 2 aromatic carbocycles. The fraction of sp³-hybridized carbons (Fsp3) is 0.238. The molecule has 1 heterocycles. The molecular formula is C21H21BrClN3O2. The molecule has 0 saturated carbocycles. The molecule has 1 N–H and O–H groups in total. The monoisotopic (exact) mass is 461 g/mol. The Labute approximate surface area is 177 Å². The lowest BCUT2D eigenvalue weighted by Crippen LogP contribution is -2.28. The van der Waals surface area contributed by atoms with Crippen LogP contribution in [0.15, 0.2) is 53.0 Å². The van der Waals surface area contributed by atoms with Crippen molar-refractivity contribution in [1.29, 1.82) is 0 Å². The smallest absolute Gasteiger partial charge is 0.258 e. The molecule has 5 nitrogen and oxygen atoms in total. The van der Waals surface area contributed by atoms with Gasteiger partial charge in [-0.25, -0.2) is 0 Å². The summed E-state index contributed by atoms with van der Waals surface area (Å²) in [6.07, 6.45) is 0. The summed E-state index contributed by atoms with van der Waals surface area (Å²) in [5.74, 6) is 0.261. The van der Waals surface area contributed by atoms with Gasteiger partial charge < -0.3 is 10.1 Å². The summed E-state index contributed by atoms with van der Waals surface area (Å²) in [6.45, 7) is 4.98. The molecule has 0 atom stereocenters. The third-order valence-corrected chi connectivity index (χ3v) is 5.21. The Morgan fingerprint density at radius 3 is 2.68 bits per heavy atom. The number of benzene rings is 2. The van der Waals surface area contributed by atoms with E-state index in [0.717, 1.165) is 21.4 Å². The lowest BCUT2D eigenvalue weighted by atomic mass is 10.2. The van der Waals surface area contributed by atoms with Crippen LogP contribution < -0.4 is 10.1 Å². The van der Waals surface area contributed by atoms with Crippen molar-refractivity contribution in [1.82, 2.24) is 15.1 Å². The number of rotatable bonds is 7. The van der Waals surface area contributed by atoms with Gasteiger partial charge in [0.15, 0.2) is 6.61 Å². The predicted molar refractivity (Wildman–Crippen MR) is 114 cm³/mol. The zero-order valence-corrected chi connectivity index (χ0v) is 18.0. The number of aromatic nitrogens is 2. The first-order valence-corrected chi connectivity index (χ1v) is 10.0. The Morgan fingerprint density at radius 1 is 1.21 bits per heavy atom. The van der Waals surface area contributed by atoms with E-state index in [1.165, 1.54) is 5.56 Å². The first-order valence-electron chi connectivity index (χ1n) is 8.85. The van der Waals surface area contributed by atoms with Gasteiger partial charge in [0, 0.05) is 22.3 Å². The Bertz CT molecular complexity index is 973. The molecule has 1 amide bonds. The molecule has 7 heteroatoms. The lowest BCUT2D eigenvalue weighted by molar-refractivity contribution is -0.123. The summed E-state index contributed by atoms with van der Waals surface area (Å²) < 4.78 is 8.32. The Balaban J connectivity index is 1.57. The van der Waals surface area contributed by atoms with E-state index in [2.05, 4.69) is 38.5 Å². The summed E-state index contributed by atoms with van der Waals surface area (Å²) in [7, 11) is 0. The van der Waals surface area contributed by atoms with Crippen LogP contribution in [0.2, 0.25) is 5.02 Å². The SMILES string of the molecule is Cc1nn(Cc2ccccc2)c(C)c1CNC(=O)COc1ccc(Br)cc1Cl. The van der Waals surface area contributed by atoms with E-state index in [0.29, 0.717) is 23.9 Å². The van der Waals surface area contributed by atoms with E-state index in [9.17, 15) is 4.79 Å². The van der Waals surface area contributed by atoms with Crippen molar-refractivity contribution < 1.29 is 9.53 Å². The predicted octanol–water partition coefficient (Wildman–Crippen LogP) is 4.66. The number of nitrogens with one attached hydrogen (secondary N) is 1. The quantitative estimate of drug-likeness (QED) is 0.556. The second-order valence-corrected chi connectivity index (χ2v) is 7.76. The van der Waals surface area contributed by atoms with Gasteiger partial charge in [0.25, 0.3) is 5.91 Å². The summed E-state index contributed by atoms with van der Waals surface area (Å²) in [4.78, 5) is 12.2. The number of hydrogen-bond donors (Lipinski definition) is 1. The highest BCUT2D eigenvalue weighted by Crippen LogP contribution is 2.27. The normalized spacial score (nSPS) is 10.7. The highest BCUT2D eigenvalue weighted by Gasteiger charge is 2.13. The highest BCUT2D eigenvalue weighted by atomic mass is 79.9. The molecule has 0 saturated heterocycles. The van der Waals surface area contributed by atoms with Gasteiger partial charge in [-0.3, -0.25) is 9.48 Å². The summed E-state index contributed by atoms with van der Waals surface area (Å²) in [5.41, 5.74) is 4.15. The van der Waals surface area contributed by atoms with Crippen molar-refractivity contribution in [3.8, 4) is 5.75 Å². The minimum atomic E-state index is -0.214. The first kappa shape index (κ1) is 20.4. The van der Waals surface area contributed by atoms with Gasteiger partial charge in [-0.1, -0.05) is 57.9 Å². The maximum atomic E-state index is 12.2. The van der Waals surface area contributed by atoms with Crippen molar-refractivity contribution in [3.63, 3.8) is 0 Å². The molecule has 1 aromatic heterocycles. The van der Waals surface area contributed by atoms with Gasteiger partial charge in [0.05, 0.1) is 17.3 Å². The molecule has 146 valence electrons. The zero-order chi connectivity index (χ0) is 20.1. The Morgan fingerprint density at radius 2 is 1.96 bits per heavy atom. The second kappa shape index (κ2) is 9.26. The molecule has 28 heavy (non-hydrogen) atoms. The topological polar surface area (TPSA) is 56.2 Å². The highest BCUT2D eigenvalue weighted by molar-refractivity contribution is 9.10. The van der Waals surface area contributed by atoms with E-state index in [4.69, 9.17) is 16.3 Å². The minimum Gasteiger partial charge on any atom is -0.482 e. The number of aryl methyl sites for hydroxylation is 1. The van der Waals surface area contributed by atoms with E-state index in [1.807, 2.05) is 42.8 Å². The van der Waals surface area contributed by atoms with E-state index < -0.39 is 0 Å². The first-order chi connectivity index (χ1) is 13.4. The lowest BCUT2D eigenvalue weighted by Gasteiger charge is -2.10. The van der Waals surface area contributed by atoms with Crippen LogP contribution >= 0.6 is 27.5 Å². The van der Waals surface area contributed by atoms with Crippen molar-refractivity contribution in [2.24, 2.45) is 0 Å². The molecule has 0 aliphatic rings. The fourth-order valence-corrected chi connectivity index (χ4v) is 3.60. The summed E-state index contributed by atoms with van der Waals surface area (Å²) in [5, 5.41) is 7.95. The maximum Gasteiger partial charge on any atom is 0.258 e. The zero-order valence-electron chi connectivity index (χ0n) is 15.7. The molecule has 0 bridgehead atoms. The van der Waals surface area contributed by atoms with E-state index >= 15 is 0 Å². The van der Waals surface area contributed by atoms with Gasteiger partial charge in [0.2, 0.25) is 0 Å². The van der Waals surface area contributed by atoms with Crippen LogP contribution in [-0.2, 0) is 17.9 Å². The van der Waals surface area contributed by atoms with Crippen LogP contribution in [-0.4, -0.2) is 22.3 Å². The van der Waals surface area contributed by atoms with Crippen LogP contribution in [0.4, 0.5) is 0 Å². The summed E-state index contributed by atoms with van der Waals surface area (Å²) in [6, 6.07) is 15.4. The van der Waals surface area contributed by atoms with Crippen molar-refractivity contribution in [3.05, 3.63) is 80.5 Å². The van der Waals surface area contributed by atoms with Crippen molar-refractivity contribution in [2.75, 3.05) is 6.61 Å². The van der Waals surface area contributed by atoms with Gasteiger partial charge in [-0.15, -0.1) is 0 Å². The van der Waals surface area contributed by atoms with Crippen LogP contribution in [0.3, 0.4) is 0 Å². The standard InChI is InChI=1S/C21H21BrClN3O2/c1-14-18(15(2)26(25-14)12-16-6-4-3-5-7-16)11-24-21(27)13-28-20-9-8-17(22)10-19(20)23/h3-10H,11-13H2,1-2H3,(H,24,27). The van der Waals surface area contributed by atoms with Crippen LogP contribution in [0, 0.1) is 13.8 Å². The third-order valence-electron chi connectivity index (χ3n) is 4.42.